The molecule has 0 spiro atoms. The lowest BCUT2D eigenvalue weighted by atomic mass is 10.2. The Kier molecular flexibility index (Phi) is 3.13. The van der Waals surface area contributed by atoms with Crippen molar-refractivity contribution in [2.75, 3.05) is 0 Å². The van der Waals surface area contributed by atoms with Crippen molar-refractivity contribution >= 4 is 16.8 Å². The van der Waals surface area contributed by atoms with Gasteiger partial charge in [-0.2, -0.15) is 0 Å². The lowest BCUT2D eigenvalue weighted by molar-refractivity contribution is -0.122. The van der Waals surface area contributed by atoms with Gasteiger partial charge in [0.25, 0.3) is 0 Å². The summed E-state index contributed by atoms with van der Waals surface area (Å²) in [6.07, 6.45) is 1.80. The number of carbonyl (C=O) groups is 1. The predicted octanol–water partition coefficient (Wildman–Crippen LogP) is 2.30. The summed E-state index contributed by atoms with van der Waals surface area (Å²) in [5, 5.41) is 3.63. The van der Waals surface area contributed by atoms with Gasteiger partial charge in [-0.05, 0) is 38.1 Å². The number of fused-ring (bicyclic) bond motifs is 1. The molecule has 1 heterocycles. The third-order valence-electron chi connectivity index (χ3n) is 2.50. The van der Waals surface area contributed by atoms with E-state index in [1.54, 1.807) is 18.3 Å². The predicted molar refractivity (Wildman–Crippen MR) is 65.2 cm³/mol. The first-order valence-corrected chi connectivity index (χ1v) is 5.60. The van der Waals surface area contributed by atoms with Crippen LogP contribution in [0.2, 0.25) is 0 Å². The van der Waals surface area contributed by atoms with Gasteiger partial charge in [-0.15, -0.1) is 0 Å². The Morgan fingerprint density at radius 2 is 2.18 bits per heavy atom. The summed E-state index contributed by atoms with van der Waals surface area (Å²) in [7, 11) is 0. The lowest BCUT2D eigenvalue weighted by Crippen LogP contribution is -2.32. The minimum absolute atomic E-state index is 0.0400. The van der Waals surface area contributed by atoms with Gasteiger partial charge in [-0.1, -0.05) is 0 Å². The molecule has 0 saturated heterocycles. The molecule has 0 atom stereocenters. The van der Waals surface area contributed by atoms with Gasteiger partial charge in [0, 0.05) is 23.1 Å². The molecule has 2 rings (SSSR count). The number of hydrogen-bond donors (Lipinski definition) is 1. The monoisotopic (exact) mass is 234 g/mol. The van der Waals surface area contributed by atoms with Crippen LogP contribution in [0.1, 0.15) is 13.8 Å². The zero-order valence-corrected chi connectivity index (χ0v) is 9.90. The Hall–Kier alpha value is -1.84. The third-order valence-corrected chi connectivity index (χ3v) is 2.50. The summed E-state index contributed by atoms with van der Waals surface area (Å²) in [4.78, 5) is 11.6. The fourth-order valence-corrected chi connectivity index (χ4v) is 1.83. The van der Waals surface area contributed by atoms with E-state index in [9.17, 15) is 9.18 Å². The quantitative estimate of drug-likeness (QED) is 0.868. The molecule has 2 aromatic rings. The van der Waals surface area contributed by atoms with E-state index in [4.69, 9.17) is 0 Å². The highest BCUT2D eigenvalue weighted by Crippen LogP contribution is 2.16. The van der Waals surface area contributed by atoms with Crippen LogP contribution in [-0.2, 0) is 11.3 Å². The van der Waals surface area contributed by atoms with Crippen molar-refractivity contribution in [1.82, 2.24) is 9.88 Å². The topological polar surface area (TPSA) is 34.0 Å². The zero-order chi connectivity index (χ0) is 12.4. The van der Waals surface area contributed by atoms with Gasteiger partial charge >= 0.3 is 0 Å². The van der Waals surface area contributed by atoms with Gasteiger partial charge in [-0.25, -0.2) is 4.39 Å². The Morgan fingerprint density at radius 3 is 2.88 bits per heavy atom. The summed E-state index contributed by atoms with van der Waals surface area (Å²) >= 11 is 0. The zero-order valence-electron chi connectivity index (χ0n) is 9.90. The molecule has 1 N–H and O–H groups in total. The van der Waals surface area contributed by atoms with E-state index < -0.39 is 0 Å². The number of halogens is 1. The molecular weight excluding hydrogens is 219 g/mol. The van der Waals surface area contributed by atoms with E-state index in [2.05, 4.69) is 5.32 Å². The standard InChI is InChI=1S/C13H15FN2O/c1-9(2)15-13(17)8-16-6-5-10-7-11(14)3-4-12(10)16/h3-7,9H,8H2,1-2H3,(H,15,17). The van der Waals surface area contributed by atoms with E-state index >= 15 is 0 Å². The fourth-order valence-electron chi connectivity index (χ4n) is 1.83. The minimum atomic E-state index is -0.262. The molecule has 0 saturated carbocycles. The molecule has 0 unspecified atom stereocenters. The van der Waals surface area contributed by atoms with Crippen molar-refractivity contribution in [3.8, 4) is 0 Å². The number of aromatic nitrogens is 1. The van der Waals surface area contributed by atoms with Crippen LogP contribution in [0.5, 0.6) is 0 Å². The second kappa shape index (κ2) is 4.57. The first-order chi connectivity index (χ1) is 8.06. The molecule has 1 aromatic carbocycles. The first kappa shape index (κ1) is 11.6. The highest BCUT2D eigenvalue weighted by atomic mass is 19.1. The Bertz CT molecular complexity index is 545. The molecule has 0 bridgehead atoms. The molecule has 0 fully saturated rings. The molecule has 0 aliphatic heterocycles. The van der Waals surface area contributed by atoms with E-state index in [1.165, 1.54) is 12.1 Å². The van der Waals surface area contributed by atoms with Crippen molar-refractivity contribution in [3.05, 3.63) is 36.3 Å². The number of nitrogens with zero attached hydrogens (tertiary/aromatic N) is 1. The SMILES string of the molecule is CC(C)NC(=O)Cn1ccc2cc(F)ccc21. The highest BCUT2D eigenvalue weighted by Gasteiger charge is 2.07. The Labute approximate surface area is 99.2 Å². The van der Waals surface area contributed by atoms with Gasteiger partial charge in [0.15, 0.2) is 0 Å². The Morgan fingerprint density at radius 1 is 1.41 bits per heavy atom. The molecule has 3 nitrogen and oxygen atoms in total. The van der Waals surface area contributed by atoms with Crippen molar-refractivity contribution < 1.29 is 9.18 Å². The van der Waals surface area contributed by atoms with Gasteiger partial charge < -0.3 is 9.88 Å². The molecular formula is C13H15FN2O. The van der Waals surface area contributed by atoms with E-state index in [0.717, 1.165) is 10.9 Å². The maximum absolute atomic E-state index is 13.0. The minimum Gasteiger partial charge on any atom is -0.352 e. The van der Waals surface area contributed by atoms with E-state index in [0.29, 0.717) is 0 Å². The normalized spacial score (nSPS) is 11.1. The number of amides is 1. The van der Waals surface area contributed by atoms with Crippen molar-refractivity contribution in [3.63, 3.8) is 0 Å². The van der Waals surface area contributed by atoms with Crippen LogP contribution in [0.3, 0.4) is 0 Å². The first-order valence-electron chi connectivity index (χ1n) is 5.60. The maximum atomic E-state index is 13.0. The molecule has 17 heavy (non-hydrogen) atoms. The van der Waals surface area contributed by atoms with Crippen molar-refractivity contribution in [1.29, 1.82) is 0 Å². The molecule has 0 radical (unpaired) electrons. The summed E-state index contributed by atoms with van der Waals surface area (Å²) in [6.45, 7) is 4.09. The molecule has 0 aliphatic carbocycles. The van der Waals surface area contributed by atoms with E-state index in [-0.39, 0.29) is 24.3 Å². The number of nitrogens with one attached hydrogen (secondary N) is 1. The van der Waals surface area contributed by atoms with Gasteiger partial charge in [-0.3, -0.25) is 4.79 Å². The highest BCUT2D eigenvalue weighted by molar-refractivity contribution is 5.83. The number of rotatable bonds is 3. The van der Waals surface area contributed by atoms with Crippen LogP contribution in [0.15, 0.2) is 30.5 Å². The van der Waals surface area contributed by atoms with Crippen molar-refractivity contribution in [2.45, 2.75) is 26.4 Å². The fraction of sp³-hybridized carbons (Fsp3) is 0.308. The van der Waals surface area contributed by atoms with Crippen LogP contribution < -0.4 is 5.32 Å². The van der Waals surface area contributed by atoms with Gasteiger partial charge in [0.05, 0.1) is 0 Å². The van der Waals surface area contributed by atoms with E-state index in [1.807, 2.05) is 18.4 Å². The summed E-state index contributed by atoms with van der Waals surface area (Å²) < 4.78 is 14.8. The maximum Gasteiger partial charge on any atom is 0.240 e. The molecule has 1 amide bonds. The van der Waals surface area contributed by atoms with Gasteiger partial charge in [0.1, 0.15) is 12.4 Å². The smallest absolute Gasteiger partial charge is 0.240 e. The Balaban J connectivity index is 2.22. The lowest BCUT2D eigenvalue weighted by Gasteiger charge is -2.09. The van der Waals surface area contributed by atoms with Crippen LogP contribution >= 0.6 is 0 Å². The largest absolute Gasteiger partial charge is 0.352 e. The molecule has 1 aromatic heterocycles. The van der Waals surface area contributed by atoms with Crippen LogP contribution in [0.25, 0.3) is 10.9 Å². The number of benzene rings is 1. The second-order valence-electron chi connectivity index (χ2n) is 4.37. The summed E-state index contributed by atoms with van der Waals surface area (Å²) in [5.74, 6) is -0.302. The third kappa shape index (κ3) is 2.64. The average Bonchev–Trinajstić information content (AvgIpc) is 2.59. The second-order valence-corrected chi connectivity index (χ2v) is 4.37. The molecule has 0 aliphatic rings. The van der Waals surface area contributed by atoms with Crippen LogP contribution in [-0.4, -0.2) is 16.5 Å². The average molecular weight is 234 g/mol. The summed E-state index contributed by atoms with van der Waals surface area (Å²) in [6, 6.07) is 6.49. The summed E-state index contributed by atoms with van der Waals surface area (Å²) in [5.41, 5.74) is 0.866. The number of hydrogen-bond acceptors (Lipinski definition) is 1. The molecule has 90 valence electrons. The van der Waals surface area contributed by atoms with Crippen LogP contribution in [0.4, 0.5) is 4.39 Å². The van der Waals surface area contributed by atoms with Gasteiger partial charge in [0.2, 0.25) is 5.91 Å². The van der Waals surface area contributed by atoms with Crippen LogP contribution in [0, 0.1) is 5.82 Å². The van der Waals surface area contributed by atoms with Crippen molar-refractivity contribution in [2.24, 2.45) is 0 Å². The number of carbonyl (C=O) groups excluding carboxylic acids is 1. The molecule has 4 heteroatoms.